The largest absolute Gasteiger partial charge is 0.493 e. The molecule has 0 bridgehead atoms. The second kappa shape index (κ2) is 7.25. The zero-order chi connectivity index (χ0) is 18.8. The summed E-state index contributed by atoms with van der Waals surface area (Å²) >= 11 is 1.71. The van der Waals surface area contributed by atoms with Crippen molar-refractivity contribution in [2.24, 2.45) is 0 Å². The average Bonchev–Trinajstić information content (AvgIpc) is 3.22. The van der Waals surface area contributed by atoms with E-state index in [0.717, 1.165) is 21.5 Å². The SMILES string of the molecule is CNc1nc(-c2ccc(-c3ccccc3)s2)c2cc(OC)c(OC)cc2n1. The minimum Gasteiger partial charge on any atom is -0.493 e. The molecule has 2 aromatic carbocycles. The molecule has 4 aromatic rings. The fourth-order valence-electron chi connectivity index (χ4n) is 2.98. The molecular formula is C21H19N3O2S. The first-order valence-electron chi connectivity index (χ1n) is 8.50. The number of benzene rings is 2. The summed E-state index contributed by atoms with van der Waals surface area (Å²) in [6.45, 7) is 0. The highest BCUT2D eigenvalue weighted by atomic mass is 32.1. The van der Waals surface area contributed by atoms with E-state index in [0.29, 0.717) is 17.4 Å². The van der Waals surface area contributed by atoms with Crippen molar-refractivity contribution in [1.29, 1.82) is 0 Å². The molecule has 0 fully saturated rings. The van der Waals surface area contributed by atoms with Crippen LogP contribution in [0, 0.1) is 0 Å². The van der Waals surface area contributed by atoms with Crippen molar-refractivity contribution in [1.82, 2.24) is 9.97 Å². The molecule has 0 radical (unpaired) electrons. The lowest BCUT2D eigenvalue weighted by molar-refractivity contribution is 0.356. The Hall–Kier alpha value is -3.12. The monoisotopic (exact) mass is 377 g/mol. The van der Waals surface area contributed by atoms with Gasteiger partial charge in [0.05, 0.1) is 30.3 Å². The van der Waals surface area contributed by atoms with E-state index in [4.69, 9.17) is 14.5 Å². The summed E-state index contributed by atoms with van der Waals surface area (Å²) in [6, 6.07) is 18.4. The highest BCUT2D eigenvalue weighted by Crippen LogP contribution is 2.40. The molecule has 0 atom stereocenters. The number of anilines is 1. The molecule has 0 aliphatic carbocycles. The normalized spacial score (nSPS) is 10.8. The maximum Gasteiger partial charge on any atom is 0.223 e. The van der Waals surface area contributed by atoms with Crippen LogP contribution in [0.15, 0.2) is 54.6 Å². The predicted octanol–water partition coefficient (Wildman–Crippen LogP) is 5.08. The van der Waals surface area contributed by atoms with E-state index in [1.807, 2.05) is 37.4 Å². The van der Waals surface area contributed by atoms with Gasteiger partial charge in [-0.2, -0.15) is 0 Å². The Kier molecular flexibility index (Phi) is 4.64. The number of fused-ring (bicyclic) bond motifs is 1. The third-order valence-corrected chi connectivity index (χ3v) is 5.46. The van der Waals surface area contributed by atoms with E-state index in [2.05, 4.69) is 34.6 Å². The Balaban J connectivity index is 1.91. The standard InChI is InChI=1S/C21H19N3O2S/c1-22-21-23-15-12-17(26-3)16(25-2)11-14(15)20(24-21)19-10-9-18(27-19)13-7-5-4-6-8-13/h4-12H,1-3H3,(H,22,23,24). The fourth-order valence-corrected chi connectivity index (χ4v) is 3.99. The molecule has 5 nitrogen and oxygen atoms in total. The second-order valence-electron chi connectivity index (χ2n) is 5.90. The van der Waals surface area contributed by atoms with E-state index in [9.17, 15) is 0 Å². The molecule has 0 unspecified atom stereocenters. The van der Waals surface area contributed by atoms with E-state index >= 15 is 0 Å². The molecule has 2 aromatic heterocycles. The van der Waals surface area contributed by atoms with Crippen molar-refractivity contribution in [2.45, 2.75) is 0 Å². The number of nitrogens with zero attached hydrogens (tertiary/aromatic N) is 2. The van der Waals surface area contributed by atoms with Gasteiger partial charge in [0.2, 0.25) is 5.95 Å². The molecule has 136 valence electrons. The fraction of sp³-hybridized carbons (Fsp3) is 0.143. The van der Waals surface area contributed by atoms with E-state index in [-0.39, 0.29) is 0 Å². The molecular weight excluding hydrogens is 358 g/mol. The first-order valence-corrected chi connectivity index (χ1v) is 9.32. The van der Waals surface area contributed by atoms with Crippen molar-refractivity contribution in [3.63, 3.8) is 0 Å². The van der Waals surface area contributed by atoms with E-state index in [1.54, 1.807) is 25.6 Å². The Morgan fingerprint density at radius 3 is 2.26 bits per heavy atom. The van der Waals surface area contributed by atoms with Crippen LogP contribution in [0.3, 0.4) is 0 Å². The predicted molar refractivity (Wildman–Crippen MR) is 111 cm³/mol. The zero-order valence-corrected chi connectivity index (χ0v) is 16.1. The van der Waals surface area contributed by atoms with Gasteiger partial charge in [-0.15, -0.1) is 11.3 Å². The average molecular weight is 377 g/mol. The van der Waals surface area contributed by atoms with Crippen molar-refractivity contribution in [2.75, 3.05) is 26.6 Å². The van der Waals surface area contributed by atoms with Crippen LogP contribution in [-0.4, -0.2) is 31.2 Å². The first-order chi connectivity index (χ1) is 13.2. The number of aromatic nitrogens is 2. The van der Waals surface area contributed by atoms with Gasteiger partial charge < -0.3 is 14.8 Å². The molecule has 0 aliphatic rings. The number of hydrogen-bond donors (Lipinski definition) is 1. The summed E-state index contributed by atoms with van der Waals surface area (Å²) in [7, 11) is 5.07. The zero-order valence-electron chi connectivity index (χ0n) is 15.3. The van der Waals surface area contributed by atoms with Gasteiger partial charge in [-0.25, -0.2) is 9.97 Å². The van der Waals surface area contributed by atoms with Crippen LogP contribution in [0.5, 0.6) is 11.5 Å². The van der Waals surface area contributed by atoms with Crippen LogP contribution in [0.2, 0.25) is 0 Å². The maximum atomic E-state index is 5.47. The lowest BCUT2D eigenvalue weighted by atomic mass is 10.1. The summed E-state index contributed by atoms with van der Waals surface area (Å²) in [5, 5.41) is 3.97. The molecule has 0 spiro atoms. The van der Waals surface area contributed by atoms with Crippen molar-refractivity contribution in [3.8, 4) is 32.5 Å². The molecule has 4 rings (SSSR count). The summed E-state index contributed by atoms with van der Waals surface area (Å²) in [4.78, 5) is 11.6. The molecule has 6 heteroatoms. The summed E-state index contributed by atoms with van der Waals surface area (Å²) in [5.74, 6) is 1.87. The summed E-state index contributed by atoms with van der Waals surface area (Å²) in [5.41, 5.74) is 2.87. The van der Waals surface area contributed by atoms with Gasteiger partial charge in [-0.3, -0.25) is 0 Å². The minimum atomic E-state index is 0.569. The van der Waals surface area contributed by atoms with Crippen LogP contribution in [-0.2, 0) is 0 Å². The molecule has 27 heavy (non-hydrogen) atoms. The van der Waals surface area contributed by atoms with Crippen molar-refractivity contribution >= 4 is 28.2 Å². The topological polar surface area (TPSA) is 56.3 Å². The van der Waals surface area contributed by atoms with Crippen LogP contribution >= 0.6 is 11.3 Å². The van der Waals surface area contributed by atoms with Crippen LogP contribution in [0.4, 0.5) is 5.95 Å². The summed E-state index contributed by atoms with van der Waals surface area (Å²) in [6.07, 6.45) is 0. The molecule has 2 heterocycles. The lowest BCUT2D eigenvalue weighted by Gasteiger charge is -2.12. The molecule has 1 N–H and O–H groups in total. The smallest absolute Gasteiger partial charge is 0.223 e. The van der Waals surface area contributed by atoms with Crippen LogP contribution in [0.1, 0.15) is 0 Å². The maximum absolute atomic E-state index is 5.47. The Morgan fingerprint density at radius 1 is 0.852 bits per heavy atom. The van der Waals surface area contributed by atoms with Gasteiger partial charge in [0, 0.05) is 23.4 Å². The number of thiophene rings is 1. The molecule has 0 aliphatic heterocycles. The Labute approximate surface area is 161 Å². The third-order valence-electron chi connectivity index (χ3n) is 4.32. The summed E-state index contributed by atoms with van der Waals surface area (Å²) < 4.78 is 10.9. The first kappa shape index (κ1) is 17.3. The Bertz CT molecular complexity index is 1090. The van der Waals surface area contributed by atoms with Gasteiger partial charge in [-0.05, 0) is 23.8 Å². The van der Waals surface area contributed by atoms with E-state index in [1.165, 1.54) is 10.4 Å². The quantitative estimate of drug-likeness (QED) is 0.525. The molecule has 0 saturated heterocycles. The number of nitrogens with one attached hydrogen (secondary N) is 1. The van der Waals surface area contributed by atoms with Crippen molar-refractivity contribution < 1.29 is 9.47 Å². The van der Waals surface area contributed by atoms with Gasteiger partial charge in [0.15, 0.2) is 11.5 Å². The lowest BCUT2D eigenvalue weighted by Crippen LogP contribution is -2.00. The number of ether oxygens (including phenoxy) is 2. The van der Waals surface area contributed by atoms with Gasteiger partial charge in [0.25, 0.3) is 0 Å². The number of hydrogen-bond acceptors (Lipinski definition) is 6. The highest BCUT2D eigenvalue weighted by Gasteiger charge is 2.16. The number of methoxy groups -OCH3 is 2. The van der Waals surface area contributed by atoms with Gasteiger partial charge >= 0.3 is 0 Å². The van der Waals surface area contributed by atoms with Gasteiger partial charge in [-0.1, -0.05) is 30.3 Å². The second-order valence-corrected chi connectivity index (χ2v) is 6.98. The van der Waals surface area contributed by atoms with Crippen LogP contribution in [0.25, 0.3) is 31.9 Å². The Morgan fingerprint density at radius 2 is 1.56 bits per heavy atom. The molecule has 0 amide bonds. The van der Waals surface area contributed by atoms with E-state index < -0.39 is 0 Å². The number of rotatable bonds is 5. The van der Waals surface area contributed by atoms with Gasteiger partial charge in [0.1, 0.15) is 0 Å². The van der Waals surface area contributed by atoms with Crippen molar-refractivity contribution in [3.05, 3.63) is 54.6 Å². The minimum absolute atomic E-state index is 0.569. The molecule has 0 saturated carbocycles. The third kappa shape index (κ3) is 3.19. The van der Waals surface area contributed by atoms with Crippen LogP contribution < -0.4 is 14.8 Å². The highest BCUT2D eigenvalue weighted by molar-refractivity contribution is 7.18.